The molecule has 2 atom stereocenters. The number of nitrogens with one attached hydrogen (secondary N) is 1. The Hall–Kier alpha value is -2.63. The Balaban J connectivity index is 1.64. The Morgan fingerprint density at radius 2 is 2.15 bits per heavy atom. The van der Waals surface area contributed by atoms with E-state index in [9.17, 15) is 14.4 Å². The number of likely N-dealkylation sites (tertiary alicyclic amines) is 1. The minimum absolute atomic E-state index is 0.0648. The number of furan rings is 1. The molecular weight excluding hydrogens is 332 g/mol. The molecular formula is C20H22N2O4. The van der Waals surface area contributed by atoms with Crippen molar-refractivity contribution in [1.82, 2.24) is 9.88 Å². The van der Waals surface area contributed by atoms with Gasteiger partial charge in [-0.15, -0.1) is 0 Å². The van der Waals surface area contributed by atoms with Crippen LogP contribution in [0.4, 0.5) is 0 Å². The molecule has 2 unspecified atom stereocenters. The Morgan fingerprint density at radius 1 is 1.31 bits per heavy atom. The number of piperidine rings is 1. The van der Waals surface area contributed by atoms with Gasteiger partial charge in [0.1, 0.15) is 11.3 Å². The molecule has 1 fully saturated rings. The topological polar surface area (TPSA) is 83.4 Å². The fourth-order valence-electron chi connectivity index (χ4n) is 4.06. The lowest BCUT2D eigenvalue weighted by molar-refractivity contribution is 0.0681. The summed E-state index contributed by atoms with van der Waals surface area (Å²) in [6.45, 7) is 3.42. The van der Waals surface area contributed by atoms with Crippen LogP contribution in [0.1, 0.15) is 64.3 Å². The lowest BCUT2D eigenvalue weighted by Crippen LogP contribution is -2.41. The van der Waals surface area contributed by atoms with Gasteiger partial charge >= 0.3 is 0 Å². The van der Waals surface area contributed by atoms with Crippen LogP contribution in [0.15, 0.2) is 33.7 Å². The number of rotatable bonds is 2. The second kappa shape index (κ2) is 6.59. The first kappa shape index (κ1) is 16.8. The maximum Gasteiger partial charge on any atom is 0.261 e. The van der Waals surface area contributed by atoms with E-state index in [4.69, 9.17) is 4.42 Å². The summed E-state index contributed by atoms with van der Waals surface area (Å²) in [7, 11) is 0. The van der Waals surface area contributed by atoms with Crippen LogP contribution in [-0.2, 0) is 6.42 Å². The van der Waals surface area contributed by atoms with Crippen LogP contribution < -0.4 is 5.56 Å². The van der Waals surface area contributed by atoms with Gasteiger partial charge in [0.05, 0.1) is 6.26 Å². The number of hydrogen-bond donors (Lipinski definition) is 1. The monoisotopic (exact) mass is 354 g/mol. The van der Waals surface area contributed by atoms with Gasteiger partial charge in [-0.25, -0.2) is 0 Å². The molecule has 2 aliphatic rings. The number of amides is 1. The molecule has 0 spiro atoms. The number of nitrogens with zero attached hydrogens (tertiary/aromatic N) is 1. The van der Waals surface area contributed by atoms with E-state index in [-0.39, 0.29) is 23.2 Å². The fourth-order valence-corrected chi connectivity index (χ4v) is 4.06. The summed E-state index contributed by atoms with van der Waals surface area (Å²) >= 11 is 0. The van der Waals surface area contributed by atoms with E-state index in [2.05, 4.69) is 11.9 Å². The van der Waals surface area contributed by atoms with Crippen molar-refractivity contribution in [2.24, 2.45) is 5.92 Å². The number of carbonyl (C=O) groups is 2. The van der Waals surface area contributed by atoms with Gasteiger partial charge in [-0.2, -0.15) is 0 Å². The van der Waals surface area contributed by atoms with Crippen LogP contribution in [0.3, 0.4) is 0 Å². The third kappa shape index (κ3) is 3.00. The van der Waals surface area contributed by atoms with Gasteiger partial charge in [0.15, 0.2) is 5.78 Å². The molecule has 0 radical (unpaired) electrons. The summed E-state index contributed by atoms with van der Waals surface area (Å²) in [4.78, 5) is 42.4. The van der Waals surface area contributed by atoms with Crippen LogP contribution in [-0.4, -0.2) is 34.7 Å². The summed E-state index contributed by atoms with van der Waals surface area (Å²) in [6.07, 6.45) is 4.47. The summed E-state index contributed by atoms with van der Waals surface area (Å²) in [5, 5.41) is 0. The molecule has 4 rings (SSSR count). The lowest BCUT2D eigenvalue weighted by Gasteiger charge is -2.31. The van der Waals surface area contributed by atoms with Gasteiger partial charge < -0.3 is 14.3 Å². The highest BCUT2D eigenvalue weighted by molar-refractivity contribution is 6.02. The van der Waals surface area contributed by atoms with E-state index in [1.54, 1.807) is 17.2 Å². The van der Waals surface area contributed by atoms with Gasteiger partial charge in [-0.3, -0.25) is 14.4 Å². The first-order chi connectivity index (χ1) is 12.5. The molecule has 1 aliphatic carbocycles. The van der Waals surface area contributed by atoms with E-state index in [0.717, 1.165) is 18.6 Å². The third-order valence-electron chi connectivity index (χ3n) is 5.43. The van der Waals surface area contributed by atoms with Gasteiger partial charge in [0, 0.05) is 36.7 Å². The summed E-state index contributed by atoms with van der Waals surface area (Å²) in [5.74, 6) is 0.754. The van der Waals surface area contributed by atoms with Crippen LogP contribution in [0, 0.1) is 5.92 Å². The summed E-state index contributed by atoms with van der Waals surface area (Å²) in [6, 6.07) is 5.13. The fraction of sp³-hybridized carbons (Fsp3) is 0.450. The van der Waals surface area contributed by atoms with E-state index < -0.39 is 5.56 Å². The van der Waals surface area contributed by atoms with Gasteiger partial charge in [-0.1, -0.05) is 6.92 Å². The second-order valence-electron chi connectivity index (χ2n) is 7.45. The van der Waals surface area contributed by atoms with Crippen molar-refractivity contribution < 1.29 is 14.0 Å². The zero-order valence-electron chi connectivity index (χ0n) is 14.8. The number of hydrogen-bond acceptors (Lipinski definition) is 4. The predicted molar refractivity (Wildman–Crippen MR) is 95.5 cm³/mol. The predicted octanol–water partition coefficient (Wildman–Crippen LogP) is 2.75. The molecule has 0 aromatic carbocycles. The smallest absolute Gasteiger partial charge is 0.261 e. The van der Waals surface area contributed by atoms with Crippen molar-refractivity contribution >= 4 is 11.7 Å². The van der Waals surface area contributed by atoms with Crippen LogP contribution in [0.5, 0.6) is 0 Å². The zero-order chi connectivity index (χ0) is 18.3. The largest absolute Gasteiger partial charge is 0.469 e. The number of pyridine rings is 1. The number of carbonyl (C=O) groups excluding carboxylic acids is 2. The number of aromatic nitrogens is 1. The Kier molecular flexibility index (Phi) is 4.26. The maximum atomic E-state index is 12.8. The maximum absolute atomic E-state index is 12.8. The van der Waals surface area contributed by atoms with Crippen LogP contribution >= 0.6 is 0 Å². The minimum atomic E-state index is -0.417. The first-order valence-electron chi connectivity index (χ1n) is 9.15. The highest BCUT2D eigenvalue weighted by atomic mass is 16.3. The van der Waals surface area contributed by atoms with E-state index in [1.807, 2.05) is 6.07 Å². The van der Waals surface area contributed by atoms with E-state index in [0.29, 0.717) is 43.1 Å². The SMILES string of the molecule is CC1CCCN(C(=O)c2cc3c([nH]c2=O)CC(c2ccco2)CC3=O)C1. The molecule has 6 heteroatoms. The molecule has 2 aromatic heterocycles. The first-order valence-corrected chi connectivity index (χ1v) is 9.15. The standard InChI is InChI=1S/C20H22N2O4/c1-12-4-2-6-22(11-12)20(25)15-10-14-16(21-19(15)24)8-13(9-17(14)23)18-5-3-7-26-18/h3,5,7,10,12-13H,2,4,6,8-9,11H2,1H3,(H,21,24). The molecule has 3 heterocycles. The van der Waals surface area contributed by atoms with Crippen molar-refractivity contribution in [3.05, 3.63) is 57.4 Å². The molecule has 1 saturated heterocycles. The Bertz CT molecular complexity index is 897. The second-order valence-corrected chi connectivity index (χ2v) is 7.45. The molecule has 6 nitrogen and oxygen atoms in total. The third-order valence-corrected chi connectivity index (χ3v) is 5.43. The zero-order valence-corrected chi connectivity index (χ0v) is 14.8. The molecule has 0 saturated carbocycles. The number of aromatic amines is 1. The number of ketones is 1. The highest BCUT2D eigenvalue weighted by Crippen LogP contribution is 2.32. The molecule has 0 bridgehead atoms. The van der Waals surface area contributed by atoms with Gasteiger partial charge in [0.2, 0.25) is 0 Å². The lowest BCUT2D eigenvalue weighted by atomic mass is 9.84. The quantitative estimate of drug-likeness (QED) is 0.899. The van der Waals surface area contributed by atoms with E-state index in [1.165, 1.54) is 6.07 Å². The Labute approximate surface area is 151 Å². The molecule has 1 amide bonds. The minimum Gasteiger partial charge on any atom is -0.469 e. The molecule has 26 heavy (non-hydrogen) atoms. The molecule has 1 N–H and O–H groups in total. The number of Topliss-reactive ketones (excluding diaryl/α,β-unsaturated/α-hetero) is 1. The van der Waals surface area contributed by atoms with Crippen molar-refractivity contribution in [2.45, 2.75) is 38.5 Å². The van der Waals surface area contributed by atoms with Crippen LogP contribution in [0.2, 0.25) is 0 Å². The number of H-pyrrole nitrogens is 1. The van der Waals surface area contributed by atoms with Gasteiger partial charge in [0.25, 0.3) is 11.5 Å². The van der Waals surface area contributed by atoms with Crippen molar-refractivity contribution in [3.63, 3.8) is 0 Å². The Morgan fingerprint density at radius 3 is 2.88 bits per heavy atom. The van der Waals surface area contributed by atoms with Crippen molar-refractivity contribution in [2.75, 3.05) is 13.1 Å². The average Bonchev–Trinajstić information content (AvgIpc) is 3.15. The highest BCUT2D eigenvalue weighted by Gasteiger charge is 2.31. The molecule has 2 aromatic rings. The average molecular weight is 354 g/mol. The van der Waals surface area contributed by atoms with Crippen molar-refractivity contribution in [3.8, 4) is 0 Å². The van der Waals surface area contributed by atoms with Crippen LogP contribution in [0.25, 0.3) is 0 Å². The molecule has 136 valence electrons. The number of fused-ring (bicyclic) bond motifs is 1. The summed E-state index contributed by atoms with van der Waals surface area (Å²) in [5.41, 5.74) is 0.708. The van der Waals surface area contributed by atoms with Crippen molar-refractivity contribution in [1.29, 1.82) is 0 Å². The summed E-state index contributed by atoms with van der Waals surface area (Å²) < 4.78 is 5.41. The molecule has 1 aliphatic heterocycles. The van der Waals surface area contributed by atoms with Gasteiger partial charge in [-0.05, 0) is 43.4 Å². The normalized spacial score (nSPS) is 23.0. The van der Waals surface area contributed by atoms with E-state index >= 15 is 0 Å².